The number of nitrogens with zero attached hydrogens (tertiary/aromatic N) is 5. The van der Waals surface area contributed by atoms with Gasteiger partial charge in [-0.1, -0.05) is 17.2 Å². The summed E-state index contributed by atoms with van der Waals surface area (Å²) < 4.78 is 86.4. The van der Waals surface area contributed by atoms with Gasteiger partial charge in [0, 0.05) is 48.3 Å². The lowest BCUT2D eigenvalue weighted by atomic mass is 9.79. The number of benzene rings is 2. The number of aliphatic hydroxyl groups excluding tert-OH is 1. The fraction of sp³-hybridized carbons (Fsp3) is 0.419. The first-order valence-corrected chi connectivity index (χ1v) is 16.5. The van der Waals surface area contributed by atoms with Crippen LogP contribution in [0.25, 0.3) is 10.4 Å². The molecule has 1 saturated carbocycles. The lowest BCUT2D eigenvalue weighted by Gasteiger charge is -2.31. The largest absolute Gasteiger partial charge is 0.465 e. The summed E-state index contributed by atoms with van der Waals surface area (Å²) in [6.07, 6.45) is 0.202. The minimum Gasteiger partial charge on any atom is -0.465 e. The number of azide groups is 1. The maximum absolute atomic E-state index is 15.5. The van der Waals surface area contributed by atoms with Gasteiger partial charge in [-0.05, 0) is 84.7 Å². The molecule has 1 fully saturated rings. The van der Waals surface area contributed by atoms with Gasteiger partial charge in [-0.2, -0.15) is 0 Å². The van der Waals surface area contributed by atoms with Gasteiger partial charge in [0.05, 0.1) is 23.6 Å². The van der Waals surface area contributed by atoms with E-state index in [2.05, 4.69) is 19.7 Å². The fourth-order valence-corrected chi connectivity index (χ4v) is 7.26. The molecular formula is C31H35F4N7O5S. The van der Waals surface area contributed by atoms with Crippen LogP contribution in [0.4, 0.5) is 22.4 Å². The van der Waals surface area contributed by atoms with Gasteiger partial charge in [0.15, 0.2) is 0 Å². The molecule has 0 spiro atoms. The predicted molar refractivity (Wildman–Crippen MR) is 167 cm³/mol. The standard InChI is InChI=1S/C31H35F4N7O5S/c1-17(43)15-42(31(44)45)16-23(40-48(46,47)24-7-8-24)6-9-25-26(13-38-14-27(25)35)29(36)30(39-41-37)28(18-2-4-20(32)5-3-18)19-10-21(33)12-22(34)11-19/h2-5,10-14,17,23-24,28-30,40,43H,6-9,15-16,36H2,1H3,(H,44,45)/t17-,23-,28-,29?,30-/m0/s1. The molecule has 0 saturated heterocycles. The normalized spacial score (nSPS) is 16.3. The van der Waals surface area contributed by atoms with Crippen LogP contribution in [-0.4, -0.2) is 71.1 Å². The van der Waals surface area contributed by atoms with Gasteiger partial charge in [-0.25, -0.2) is 35.5 Å². The number of halogens is 4. The SMILES string of the molecule is C[C@H](O)CN(C[C@H](CCc1c(F)cncc1C(N)[C@@H](N=[N+]=[N-])[C@@H](c1ccc(F)cc1)c1cc(F)cc(F)c1)NS(=O)(=O)C1CC1)C(=O)O. The van der Waals surface area contributed by atoms with E-state index in [1.807, 2.05) is 0 Å². The Balaban J connectivity index is 1.73. The summed E-state index contributed by atoms with van der Waals surface area (Å²) in [5.41, 5.74) is 16.5. The summed E-state index contributed by atoms with van der Waals surface area (Å²) in [6, 6.07) is 3.74. The molecule has 1 aromatic heterocycles. The van der Waals surface area contributed by atoms with Crippen molar-refractivity contribution in [3.63, 3.8) is 0 Å². The van der Waals surface area contributed by atoms with Crippen molar-refractivity contribution in [1.29, 1.82) is 0 Å². The van der Waals surface area contributed by atoms with Crippen LogP contribution in [0.15, 0.2) is 60.0 Å². The molecule has 0 radical (unpaired) electrons. The van der Waals surface area contributed by atoms with Crippen molar-refractivity contribution >= 4 is 16.1 Å². The van der Waals surface area contributed by atoms with Crippen LogP contribution in [0.1, 0.15) is 60.4 Å². The number of aromatic nitrogens is 1. The van der Waals surface area contributed by atoms with E-state index in [0.29, 0.717) is 18.9 Å². The summed E-state index contributed by atoms with van der Waals surface area (Å²) in [5, 5.41) is 22.7. The first-order valence-electron chi connectivity index (χ1n) is 15.0. The highest BCUT2D eigenvalue weighted by Gasteiger charge is 2.38. The summed E-state index contributed by atoms with van der Waals surface area (Å²) in [5.74, 6) is -4.49. The summed E-state index contributed by atoms with van der Waals surface area (Å²) in [4.78, 5) is 19.5. The molecule has 5 atom stereocenters. The zero-order chi connectivity index (χ0) is 35.2. The third-order valence-electron chi connectivity index (χ3n) is 8.00. The number of pyridine rings is 1. The van der Waals surface area contributed by atoms with E-state index in [1.54, 1.807) is 0 Å². The molecule has 1 aliphatic rings. The van der Waals surface area contributed by atoms with Crippen molar-refractivity contribution in [3.8, 4) is 0 Å². The highest BCUT2D eigenvalue weighted by Crippen LogP contribution is 2.38. The van der Waals surface area contributed by atoms with Gasteiger partial charge < -0.3 is 20.8 Å². The third-order valence-corrected chi connectivity index (χ3v) is 10.0. The Morgan fingerprint density at radius 3 is 2.29 bits per heavy atom. The quantitative estimate of drug-likeness (QED) is 0.0709. The number of hydrogen-bond donors (Lipinski definition) is 4. The molecule has 12 nitrogen and oxygen atoms in total. The highest BCUT2D eigenvalue weighted by molar-refractivity contribution is 7.90. The number of aliphatic hydroxyl groups is 1. The van der Waals surface area contributed by atoms with Crippen LogP contribution in [0.3, 0.4) is 0 Å². The molecule has 1 heterocycles. The van der Waals surface area contributed by atoms with Crippen molar-refractivity contribution in [1.82, 2.24) is 14.6 Å². The smallest absolute Gasteiger partial charge is 0.407 e. The number of nitrogens with two attached hydrogens (primary N) is 1. The van der Waals surface area contributed by atoms with E-state index < -0.39 is 74.8 Å². The van der Waals surface area contributed by atoms with Crippen molar-refractivity contribution in [2.45, 2.75) is 68.0 Å². The molecule has 4 rings (SSSR count). The van der Waals surface area contributed by atoms with Gasteiger partial charge in [-0.15, -0.1) is 0 Å². The van der Waals surface area contributed by atoms with Gasteiger partial charge in [0.1, 0.15) is 23.3 Å². The minimum absolute atomic E-state index is 0.000657. The van der Waals surface area contributed by atoms with Crippen LogP contribution >= 0.6 is 0 Å². The van der Waals surface area contributed by atoms with Crippen molar-refractivity contribution in [2.24, 2.45) is 10.8 Å². The number of nitrogens with one attached hydrogen (secondary N) is 1. The first-order chi connectivity index (χ1) is 22.7. The second kappa shape index (κ2) is 15.7. The van der Waals surface area contributed by atoms with Crippen LogP contribution in [0, 0.1) is 23.3 Å². The molecule has 5 N–H and O–H groups in total. The molecule has 1 unspecified atom stereocenters. The van der Waals surface area contributed by atoms with E-state index in [0.717, 1.165) is 35.4 Å². The van der Waals surface area contributed by atoms with Gasteiger partial charge in [-0.3, -0.25) is 4.98 Å². The van der Waals surface area contributed by atoms with Crippen molar-refractivity contribution in [3.05, 3.63) is 111 Å². The maximum atomic E-state index is 15.5. The van der Waals surface area contributed by atoms with Crippen molar-refractivity contribution in [2.75, 3.05) is 13.1 Å². The number of rotatable bonds is 16. The molecule has 1 amide bonds. The molecule has 17 heteroatoms. The van der Waals surface area contributed by atoms with Gasteiger partial charge in [0.2, 0.25) is 10.0 Å². The number of carboxylic acid groups (broad SMARTS) is 1. The molecule has 48 heavy (non-hydrogen) atoms. The maximum Gasteiger partial charge on any atom is 0.407 e. The van der Waals surface area contributed by atoms with E-state index in [4.69, 9.17) is 5.73 Å². The fourth-order valence-electron chi connectivity index (χ4n) is 5.66. The third kappa shape index (κ3) is 9.41. The second-order valence-electron chi connectivity index (χ2n) is 11.8. The molecule has 1 aliphatic carbocycles. The Hall–Kier alpha value is -4.28. The zero-order valence-corrected chi connectivity index (χ0v) is 26.6. The Morgan fingerprint density at radius 2 is 1.73 bits per heavy atom. The van der Waals surface area contributed by atoms with Gasteiger partial charge in [0.25, 0.3) is 0 Å². The number of sulfonamides is 1. The van der Waals surface area contributed by atoms with Crippen LogP contribution in [-0.2, 0) is 16.4 Å². The minimum atomic E-state index is -3.84. The lowest BCUT2D eigenvalue weighted by Crippen LogP contribution is -2.48. The molecule has 3 aromatic rings. The lowest BCUT2D eigenvalue weighted by molar-refractivity contribution is 0.100. The number of carbonyl (C=O) groups is 1. The topological polar surface area (TPSA) is 195 Å². The van der Waals surface area contributed by atoms with Crippen molar-refractivity contribution < 1.29 is 41.0 Å². The summed E-state index contributed by atoms with van der Waals surface area (Å²) in [7, 11) is -3.84. The van der Waals surface area contributed by atoms with E-state index in [1.165, 1.54) is 25.3 Å². The van der Waals surface area contributed by atoms with Gasteiger partial charge >= 0.3 is 6.09 Å². The monoisotopic (exact) mass is 693 g/mol. The molecular weight excluding hydrogens is 658 g/mol. The predicted octanol–water partition coefficient (Wildman–Crippen LogP) is 4.89. The van der Waals surface area contributed by atoms with Crippen LogP contribution in [0.5, 0.6) is 0 Å². The zero-order valence-electron chi connectivity index (χ0n) is 25.8. The Bertz CT molecular complexity index is 1740. The Labute approximate surface area is 274 Å². The first kappa shape index (κ1) is 36.6. The van der Waals surface area contributed by atoms with E-state index in [9.17, 15) is 42.1 Å². The number of hydrogen-bond acceptors (Lipinski definition) is 7. The highest BCUT2D eigenvalue weighted by atomic mass is 32.2. The molecule has 0 aliphatic heterocycles. The molecule has 2 aromatic carbocycles. The summed E-state index contributed by atoms with van der Waals surface area (Å²) in [6.45, 7) is 0.701. The van der Waals surface area contributed by atoms with E-state index in [-0.39, 0.29) is 48.2 Å². The second-order valence-corrected chi connectivity index (χ2v) is 13.8. The Morgan fingerprint density at radius 1 is 1.08 bits per heavy atom. The molecule has 258 valence electrons. The summed E-state index contributed by atoms with van der Waals surface area (Å²) >= 11 is 0. The van der Waals surface area contributed by atoms with Crippen LogP contribution in [0.2, 0.25) is 0 Å². The average Bonchev–Trinajstić information content (AvgIpc) is 3.86. The van der Waals surface area contributed by atoms with E-state index >= 15 is 4.39 Å². The molecule has 0 bridgehead atoms. The number of amides is 1. The Kier molecular flexibility index (Phi) is 12.0. The van der Waals surface area contributed by atoms with Crippen LogP contribution < -0.4 is 10.5 Å². The average molecular weight is 694 g/mol.